The summed E-state index contributed by atoms with van der Waals surface area (Å²) in [5.41, 5.74) is 4.08. The largest absolute Gasteiger partial charge is 0.481 e. The molecule has 0 bridgehead atoms. The van der Waals surface area contributed by atoms with Gasteiger partial charge in [0.15, 0.2) is 0 Å². The molecule has 25 heavy (non-hydrogen) atoms. The zero-order valence-electron chi connectivity index (χ0n) is 15.4. The minimum atomic E-state index is -0.734. The third-order valence-electron chi connectivity index (χ3n) is 4.57. The summed E-state index contributed by atoms with van der Waals surface area (Å²) in [5, 5.41) is 17.6. The Morgan fingerprint density at radius 1 is 0.760 bits per heavy atom. The number of unbranched alkanes of at least 4 members (excludes halogenated alkanes) is 4. The molecular formula is C21H32O4. The smallest absolute Gasteiger partial charge is 0.303 e. The van der Waals surface area contributed by atoms with Gasteiger partial charge in [-0.15, -0.1) is 0 Å². The van der Waals surface area contributed by atoms with Gasteiger partial charge in [0.05, 0.1) is 0 Å². The number of aliphatic carboxylic acids is 2. The first-order valence-corrected chi connectivity index (χ1v) is 9.57. The Kier molecular flexibility index (Phi) is 10.6. The quantitative estimate of drug-likeness (QED) is 0.463. The summed E-state index contributed by atoms with van der Waals surface area (Å²) < 4.78 is 0. The van der Waals surface area contributed by atoms with Crippen LogP contribution in [0.15, 0.2) is 18.2 Å². The summed E-state index contributed by atoms with van der Waals surface area (Å²) in [7, 11) is 0. The fourth-order valence-corrected chi connectivity index (χ4v) is 3.21. The lowest BCUT2D eigenvalue weighted by Gasteiger charge is -2.15. The van der Waals surface area contributed by atoms with Gasteiger partial charge in [0, 0.05) is 12.8 Å². The van der Waals surface area contributed by atoms with Crippen LogP contribution in [0.5, 0.6) is 0 Å². The molecule has 4 heteroatoms. The van der Waals surface area contributed by atoms with E-state index in [1.807, 2.05) is 0 Å². The van der Waals surface area contributed by atoms with E-state index in [0.29, 0.717) is 12.8 Å². The van der Waals surface area contributed by atoms with Crippen LogP contribution in [0.1, 0.15) is 81.4 Å². The van der Waals surface area contributed by atoms with E-state index >= 15 is 0 Å². The fraction of sp³-hybridized carbons (Fsp3) is 0.619. The van der Waals surface area contributed by atoms with E-state index in [0.717, 1.165) is 32.1 Å². The monoisotopic (exact) mass is 348 g/mol. The van der Waals surface area contributed by atoms with Crippen molar-refractivity contribution in [2.24, 2.45) is 0 Å². The SMILES string of the molecule is CCCCCc1cccc(CCCCC(=O)O)c1CCCCC(=O)O. The van der Waals surface area contributed by atoms with Gasteiger partial charge in [0.2, 0.25) is 0 Å². The van der Waals surface area contributed by atoms with Gasteiger partial charge in [-0.25, -0.2) is 0 Å². The van der Waals surface area contributed by atoms with Crippen molar-refractivity contribution < 1.29 is 19.8 Å². The van der Waals surface area contributed by atoms with Crippen LogP contribution in [0, 0.1) is 0 Å². The fourth-order valence-electron chi connectivity index (χ4n) is 3.21. The van der Waals surface area contributed by atoms with E-state index in [1.54, 1.807) is 0 Å². The molecule has 2 N–H and O–H groups in total. The van der Waals surface area contributed by atoms with Gasteiger partial charge in [-0.3, -0.25) is 9.59 Å². The Morgan fingerprint density at radius 3 is 1.72 bits per heavy atom. The van der Waals surface area contributed by atoms with Crippen molar-refractivity contribution >= 4 is 11.9 Å². The van der Waals surface area contributed by atoms with E-state index in [4.69, 9.17) is 10.2 Å². The van der Waals surface area contributed by atoms with Crippen molar-refractivity contribution in [2.45, 2.75) is 84.0 Å². The van der Waals surface area contributed by atoms with Crippen molar-refractivity contribution in [1.29, 1.82) is 0 Å². The second-order valence-corrected chi connectivity index (χ2v) is 6.71. The van der Waals surface area contributed by atoms with E-state index in [2.05, 4.69) is 25.1 Å². The van der Waals surface area contributed by atoms with E-state index in [-0.39, 0.29) is 12.8 Å². The number of aryl methyl sites for hydroxylation is 2. The van der Waals surface area contributed by atoms with Gasteiger partial charge < -0.3 is 10.2 Å². The van der Waals surface area contributed by atoms with Gasteiger partial charge in [0.25, 0.3) is 0 Å². The maximum atomic E-state index is 10.7. The molecular weight excluding hydrogens is 316 g/mol. The topological polar surface area (TPSA) is 74.6 Å². The number of hydrogen-bond donors (Lipinski definition) is 2. The number of rotatable bonds is 14. The highest BCUT2D eigenvalue weighted by atomic mass is 16.4. The third-order valence-corrected chi connectivity index (χ3v) is 4.57. The summed E-state index contributed by atoms with van der Waals surface area (Å²) in [6.07, 6.45) is 10.1. The summed E-state index contributed by atoms with van der Waals surface area (Å²) in [4.78, 5) is 21.4. The number of benzene rings is 1. The molecule has 4 nitrogen and oxygen atoms in total. The standard InChI is InChI=1S/C21H32O4/c1-2-3-4-10-17-12-9-13-18(11-5-7-15-20(22)23)19(17)14-6-8-16-21(24)25/h9,12-13H,2-8,10-11,14-16H2,1H3,(H,22,23)(H,24,25). The highest BCUT2D eigenvalue weighted by Crippen LogP contribution is 2.22. The van der Waals surface area contributed by atoms with Crippen LogP contribution in [0.4, 0.5) is 0 Å². The average molecular weight is 348 g/mol. The van der Waals surface area contributed by atoms with Crippen LogP contribution in [0.2, 0.25) is 0 Å². The summed E-state index contributed by atoms with van der Waals surface area (Å²) in [6, 6.07) is 6.45. The Labute approximate surface area is 151 Å². The van der Waals surface area contributed by atoms with Crippen LogP contribution >= 0.6 is 0 Å². The van der Waals surface area contributed by atoms with Crippen LogP contribution in [0.3, 0.4) is 0 Å². The molecule has 0 aliphatic heterocycles. The first-order valence-electron chi connectivity index (χ1n) is 9.57. The Balaban J connectivity index is 2.71. The second-order valence-electron chi connectivity index (χ2n) is 6.71. The van der Waals surface area contributed by atoms with Gasteiger partial charge in [-0.05, 0) is 68.1 Å². The van der Waals surface area contributed by atoms with Gasteiger partial charge in [-0.2, -0.15) is 0 Å². The number of carbonyl (C=O) groups is 2. The molecule has 0 spiro atoms. The first kappa shape index (κ1) is 21.2. The predicted molar refractivity (Wildman–Crippen MR) is 100 cm³/mol. The lowest BCUT2D eigenvalue weighted by Crippen LogP contribution is -2.03. The first-order chi connectivity index (χ1) is 12.0. The predicted octanol–water partition coefficient (Wildman–Crippen LogP) is 5.01. The molecule has 1 aromatic rings. The van der Waals surface area contributed by atoms with Gasteiger partial charge in [-0.1, -0.05) is 38.0 Å². The molecule has 0 unspecified atom stereocenters. The molecule has 0 radical (unpaired) electrons. The van der Waals surface area contributed by atoms with Crippen molar-refractivity contribution in [3.8, 4) is 0 Å². The molecule has 0 heterocycles. The van der Waals surface area contributed by atoms with Crippen LogP contribution in [-0.2, 0) is 28.9 Å². The summed E-state index contributed by atoms with van der Waals surface area (Å²) in [5.74, 6) is -1.47. The van der Waals surface area contributed by atoms with E-state index in [1.165, 1.54) is 36.0 Å². The lowest BCUT2D eigenvalue weighted by atomic mass is 9.90. The van der Waals surface area contributed by atoms with Crippen molar-refractivity contribution in [2.75, 3.05) is 0 Å². The molecule has 1 aromatic carbocycles. The zero-order chi connectivity index (χ0) is 18.5. The second kappa shape index (κ2) is 12.5. The molecule has 1 rings (SSSR count). The number of carboxylic acids is 2. The molecule has 0 aliphatic rings. The van der Waals surface area contributed by atoms with E-state index < -0.39 is 11.9 Å². The minimum absolute atomic E-state index is 0.226. The average Bonchev–Trinajstić information content (AvgIpc) is 2.56. The lowest BCUT2D eigenvalue weighted by molar-refractivity contribution is -0.138. The highest BCUT2D eigenvalue weighted by Gasteiger charge is 2.09. The normalized spacial score (nSPS) is 10.8. The Hall–Kier alpha value is -1.84. The molecule has 140 valence electrons. The maximum absolute atomic E-state index is 10.7. The minimum Gasteiger partial charge on any atom is -0.481 e. The molecule has 0 aliphatic carbocycles. The molecule has 0 saturated heterocycles. The highest BCUT2D eigenvalue weighted by molar-refractivity contribution is 5.66. The summed E-state index contributed by atoms with van der Waals surface area (Å²) in [6.45, 7) is 2.20. The van der Waals surface area contributed by atoms with Crippen molar-refractivity contribution in [1.82, 2.24) is 0 Å². The molecule has 0 aromatic heterocycles. The number of carboxylic acid groups (broad SMARTS) is 2. The van der Waals surface area contributed by atoms with Crippen LogP contribution in [-0.4, -0.2) is 22.2 Å². The van der Waals surface area contributed by atoms with Crippen LogP contribution < -0.4 is 0 Å². The maximum Gasteiger partial charge on any atom is 0.303 e. The van der Waals surface area contributed by atoms with Crippen molar-refractivity contribution in [3.05, 3.63) is 34.9 Å². The van der Waals surface area contributed by atoms with Gasteiger partial charge in [0.1, 0.15) is 0 Å². The Morgan fingerprint density at radius 2 is 1.24 bits per heavy atom. The molecule has 0 saturated carbocycles. The van der Waals surface area contributed by atoms with Gasteiger partial charge >= 0.3 is 11.9 Å². The molecule has 0 atom stereocenters. The van der Waals surface area contributed by atoms with Crippen molar-refractivity contribution in [3.63, 3.8) is 0 Å². The summed E-state index contributed by atoms with van der Waals surface area (Å²) >= 11 is 0. The zero-order valence-corrected chi connectivity index (χ0v) is 15.4. The molecule has 0 fully saturated rings. The van der Waals surface area contributed by atoms with E-state index in [9.17, 15) is 9.59 Å². The molecule has 0 amide bonds. The number of hydrogen-bond acceptors (Lipinski definition) is 2. The third kappa shape index (κ3) is 9.28. The van der Waals surface area contributed by atoms with Crippen LogP contribution in [0.25, 0.3) is 0 Å². The Bertz CT molecular complexity index is 537.